The third-order valence-electron chi connectivity index (χ3n) is 4.83. The van der Waals surface area contributed by atoms with Crippen molar-refractivity contribution in [3.63, 3.8) is 0 Å². The minimum atomic E-state index is -0.372. The van der Waals surface area contributed by atoms with E-state index in [1.54, 1.807) is 24.4 Å². The molecule has 2 aromatic heterocycles. The van der Waals surface area contributed by atoms with Crippen molar-refractivity contribution >= 4 is 5.91 Å². The molecule has 140 valence electrons. The third kappa shape index (κ3) is 3.02. The SMILES string of the molecule is CCc1c(C(=O)NC2COCc3c2cnn3-c2ccccc2F)n[nH]c1C. The molecule has 0 saturated carbocycles. The topological polar surface area (TPSA) is 84.8 Å². The second-order valence-electron chi connectivity index (χ2n) is 6.48. The van der Waals surface area contributed by atoms with Gasteiger partial charge in [0, 0.05) is 16.8 Å². The highest BCUT2D eigenvalue weighted by molar-refractivity contribution is 5.94. The molecular formula is C19H20FN5O2. The zero-order valence-electron chi connectivity index (χ0n) is 15.1. The largest absolute Gasteiger partial charge is 0.373 e. The van der Waals surface area contributed by atoms with Gasteiger partial charge in [0.1, 0.15) is 11.5 Å². The van der Waals surface area contributed by atoms with Gasteiger partial charge < -0.3 is 10.1 Å². The summed E-state index contributed by atoms with van der Waals surface area (Å²) in [5.74, 6) is -0.634. The van der Waals surface area contributed by atoms with Crippen LogP contribution in [-0.2, 0) is 17.8 Å². The molecule has 1 amide bonds. The Balaban J connectivity index is 1.63. The van der Waals surface area contributed by atoms with Gasteiger partial charge in [0.2, 0.25) is 0 Å². The number of nitrogens with zero attached hydrogens (tertiary/aromatic N) is 3. The molecule has 7 nitrogen and oxygen atoms in total. The molecule has 4 rings (SSSR count). The number of carbonyl (C=O) groups is 1. The molecular weight excluding hydrogens is 349 g/mol. The summed E-state index contributed by atoms with van der Waals surface area (Å²) >= 11 is 0. The van der Waals surface area contributed by atoms with E-state index < -0.39 is 0 Å². The molecule has 1 unspecified atom stereocenters. The van der Waals surface area contributed by atoms with Gasteiger partial charge in [-0.05, 0) is 25.5 Å². The van der Waals surface area contributed by atoms with E-state index in [4.69, 9.17) is 4.74 Å². The van der Waals surface area contributed by atoms with Crippen molar-refractivity contribution in [2.45, 2.75) is 32.9 Å². The molecule has 1 aliphatic heterocycles. The fourth-order valence-corrected chi connectivity index (χ4v) is 3.44. The molecule has 0 radical (unpaired) electrons. The number of halogens is 1. The summed E-state index contributed by atoms with van der Waals surface area (Å²) in [6.45, 7) is 4.50. The highest BCUT2D eigenvalue weighted by Gasteiger charge is 2.29. The predicted octanol–water partition coefficient (Wildman–Crippen LogP) is 2.61. The number of rotatable bonds is 4. The Bertz CT molecular complexity index is 994. The lowest BCUT2D eigenvalue weighted by atomic mass is 10.1. The van der Waals surface area contributed by atoms with E-state index in [1.165, 1.54) is 10.7 Å². The zero-order chi connectivity index (χ0) is 19.0. The molecule has 0 saturated heterocycles. The summed E-state index contributed by atoms with van der Waals surface area (Å²) in [6, 6.07) is 6.06. The number of aromatic nitrogens is 4. The van der Waals surface area contributed by atoms with Crippen LogP contribution in [0, 0.1) is 12.7 Å². The van der Waals surface area contributed by atoms with E-state index in [9.17, 15) is 9.18 Å². The van der Waals surface area contributed by atoms with Crippen LogP contribution in [0.4, 0.5) is 4.39 Å². The number of para-hydroxylation sites is 1. The van der Waals surface area contributed by atoms with Gasteiger partial charge in [0.25, 0.3) is 5.91 Å². The number of ether oxygens (including phenoxy) is 1. The first-order valence-electron chi connectivity index (χ1n) is 8.84. The highest BCUT2D eigenvalue weighted by Crippen LogP contribution is 2.28. The minimum Gasteiger partial charge on any atom is -0.373 e. The van der Waals surface area contributed by atoms with Crippen LogP contribution in [0.1, 0.15) is 46.0 Å². The Morgan fingerprint density at radius 1 is 1.44 bits per heavy atom. The number of aromatic amines is 1. The zero-order valence-corrected chi connectivity index (χ0v) is 15.1. The Morgan fingerprint density at radius 2 is 2.26 bits per heavy atom. The molecule has 27 heavy (non-hydrogen) atoms. The van der Waals surface area contributed by atoms with Crippen LogP contribution in [0.3, 0.4) is 0 Å². The minimum absolute atomic E-state index is 0.267. The lowest BCUT2D eigenvalue weighted by molar-refractivity contribution is 0.0683. The molecule has 0 aliphatic carbocycles. The van der Waals surface area contributed by atoms with Gasteiger partial charge in [-0.15, -0.1) is 0 Å². The van der Waals surface area contributed by atoms with E-state index in [0.29, 0.717) is 31.0 Å². The normalized spacial score (nSPS) is 16.2. The standard InChI is InChI=1S/C19H20FN5O2/c1-3-12-11(2)23-24-18(12)19(26)22-15-9-27-10-17-13(15)8-21-25(17)16-7-5-4-6-14(16)20/h4-8,15H,3,9-10H2,1-2H3,(H,22,26)(H,23,24). The van der Waals surface area contributed by atoms with E-state index in [-0.39, 0.29) is 17.8 Å². The molecule has 2 N–H and O–H groups in total. The summed E-state index contributed by atoms with van der Waals surface area (Å²) in [7, 11) is 0. The molecule has 1 aliphatic rings. The van der Waals surface area contributed by atoms with Gasteiger partial charge in [-0.25, -0.2) is 9.07 Å². The van der Waals surface area contributed by atoms with Crippen molar-refractivity contribution in [3.8, 4) is 5.69 Å². The van der Waals surface area contributed by atoms with E-state index in [0.717, 1.165) is 22.5 Å². The van der Waals surface area contributed by atoms with E-state index in [2.05, 4.69) is 20.6 Å². The van der Waals surface area contributed by atoms with Crippen molar-refractivity contribution in [2.75, 3.05) is 6.61 Å². The summed E-state index contributed by atoms with van der Waals surface area (Å²) < 4.78 is 21.3. The van der Waals surface area contributed by atoms with Crippen LogP contribution in [0.5, 0.6) is 0 Å². The molecule has 3 heterocycles. The lowest BCUT2D eigenvalue weighted by Crippen LogP contribution is -2.35. The van der Waals surface area contributed by atoms with Crippen LogP contribution >= 0.6 is 0 Å². The van der Waals surface area contributed by atoms with E-state index in [1.807, 2.05) is 13.8 Å². The summed E-state index contributed by atoms with van der Waals surface area (Å²) in [6.07, 6.45) is 2.37. The number of amides is 1. The number of nitrogens with one attached hydrogen (secondary N) is 2. The first-order chi connectivity index (χ1) is 13.1. The maximum absolute atomic E-state index is 14.2. The van der Waals surface area contributed by atoms with Crippen LogP contribution < -0.4 is 5.32 Å². The highest BCUT2D eigenvalue weighted by atomic mass is 19.1. The fraction of sp³-hybridized carbons (Fsp3) is 0.316. The molecule has 0 fully saturated rings. The third-order valence-corrected chi connectivity index (χ3v) is 4.83. The average molecular weight is 369 g/mol. The number of fused-ring (bicyclic) bond motifs is 1. The number of hydrogen-bond donors (Lipinski definition) is 2. The monoisotopic (exact) mass is 369 g/mol. The Morgan fingerprint density at radius 3 is 3.04 bits per heavy atom. The number of benzene rings is 1. The Kier molecular flexibility index (Phi) is 4.49. The second kappa shape index (κ2) is 6.96. The number of H-pyrrole nitrogens is 1. The molecule has 8 heteroatoms. The Hall–Kier alpha value is -3.00. The summed E-state index contributed by atoms with van der Waals surface area (Å²) in [5, 5.41) is 14.3. The van der Waals surface area contributed by atoms with E-state index >= 15 is 0 Å². The molecule has 0 spiro atoms. The van der Waals surface area contributed by atoms with Gasteiger partial charge in [-0.1, -0.05) is 19.1 Å². The second-order valence-corrected chi connectivity index (χ2v) is 6.48. The predicted molar refractivity (Wildman–Crippen MR) is 96.1 cm³/mol. The number of hydrogen-bond acceptors (Lipinski definition) is 4. The van der Waals surface area contributed by atoms with Gasteiger partial charge in [-0.3, -0.25) is 9.89 Å². The van der Waals surface area contributed by atoms with Crippen molar-refractivity contribution in [1.82, 2.24) is 25.3 Å². The molecule has 0 bridgehead atoms. The van der Waals surface area contributed by atoms with Crippen LogP contribution in [0.2, 0.25) is 0 Å². The lowest BCUT2D eigenvalue weighted by Gasteiger charge is -2.24. The smallest absolute Gasteiger partial charge is 0.272 e. The van der Waals surface area contributed by atoms with Crippen LogP contribution in [0.15, 0.2) is 30.5 Å². The first-order valence-corrected chi connectivity index (χ1v) is 8.84. The Labute approximate surface area is 155 Å². The number of aryl methyl sites for hydroxylation is 1. The van der Waals surface area contributed by atoms with Gasteiger partial charge >= 0.3 is 0 Å². The van der Waals surface area contributed by atoms with Gasteiger partial charge in [-0.2, -0.15) is 10.2 Å². The quantitative estimate of drug-likeness (QED) is 0.740. The van der Waals surface area contributed by atoms with Crippen molar-refractivity contribution in [1.29, 1.82) is 0 Å². The van der Waals surface area contributed by atoms with Crippen molar-refractivity contribution < 1.29 is 13.9 Å². The maximum Gasteiger partial charge on any atom is 0.272 e. The molecule has 3 aromatic rings. The maximum atomic E-state index is 14.2. The molecule has 1 aromatic carbocycles. The van der Waals surface area contributed by atoms with Crippen molar-refractivity contribution in [2.24, 2.45) is 0 Å². The molecule has 1 atom stereocenters. The van der Waals surface area contributed by atoms with Crippen molar-refractivity contribution in [3.05, 3.63) is 64.5 Å². The van der Waals surface area contributed by atoms with Gasteiger partial charge in [0.05, 0.1) is 31.1 Å². The van der Waals surface area contributed by atoms with Gasteiger partial charge in [0.15, 0.2) is 5.69 Å². The van der Waals surface area contributed by atoms with Crippen LogP contribution in [0.25, 0.3) is 5.69 Å². The average Bonchev–Trinajstić information content (AvgIpc) is 3.26. The number of carbonyl (C=O) groups excluding carboxylic acids is 1. The summed E-state index contributed by atoms with van der Waals surface area (Å²) in [4.78, 5) is 12.7. The fourth-order valence-electron chi connectivity index (χ4n) is 3.44. The first kappa shape index (κ1) is 17.4. The van der Waals surface area contributed by atoms with Crippen LogP contribution in [-0.4, -0.2) is 32.5 Å². The summed E-state index contributed by atoms with van der Waals surface area (Å²) in [5.41, 5.74) is 4.07.